The second-order valence-corrected chi connectivity index (χ2v) is 10.0. The van der Waals surface area contributed by atoms with E-state index < -0.39 is 16.1 Å². The van der Waals surface area contributed by atoms with Crippen LogP contribution in [-0.2, 0) is 14.8 Å². The number of halogens is 1. The molecular weight excluding hydrogens is 408 g/mol. The van der Waals surface area contributed by atoms with Crippen molar-refractivity contribution in [3.8, 4) is 0 Å². The third kappa shape index (κ3) is 6.98. The summed E-state index contributed by atoms with van der Waals surface area (Å²) in [5.74, 6) is -0.226. The molecule has 1 aliphatic heterocycles. The van der Waals surface area contributed by atoms with Crippen molar-refractivity contribution < 1.29 is 13.2 Å². The van der Waals surface area contributed by atoms with E-state index >= 15 is 0 Å². The van der Waals surface area contributed by atoms with Gasteiger partial charge in [0, 0.05) is 18.1 Å². The van der Waals surface area contributed by atoms with Gasteiger partial charge in [0.1, 0.15) is 6.04 Å². The zero-order valence-corrected chi connectivity index (χ0v) is 19.0. The fourth-order valence-electron chi connectivity index (χ4n) is 3.27. The highest BCUT2D eigenvalue weighted by Crippen LogP contribution is 2.24. The van der Waals surface area contributed by atoms with Crippen LogP contribution < -0.4 is 5.32 Å². The number of rotatable bonds is 8. The van der Waals surface area contributed by atoms with Gasteiger partial charge in [-0.1, -0.05) is 34.9 Å². The SMILES string of the molecule is CC(C)=CCC/C(C)=C/CN(C1CCCCNC1=O)S(=O)(=O)c1ccc(Cl)cc1. The second kappa shape index (κ2) is 11.0. The van der Waals surface area contributed by atoms with Gasteiger partial charge in [-0.3, -0.25) is 4.79 Å². The fraction of sp³-hybridized carbons (Fsp3) is 0.500. The normalized spacial score (nSPS) is 18.3. The molecule has 0 radical (unpaired) electrons. The molecule has 1 heterocycles. The number of nitrogens with zero attached hydrogens (tertiary/aromatic N) is 1. The van der Waals surface area contributed by atoms with Crippen molar-refractivity contribution in [1.29, 1.82) is 0 Å². The molecule has 1 fully saturated rings. The molecule has 0 saturated carbocycles. The second-order valence-electron chi connectivity index (χ2n) is 7.70. The predicted octanol–water partition coefficient (Wildman–Crippen LogP) is 4.69. The number of hydrogen-bond acceptors (Lipinski definition) is 3. The van der Waals surface area contributed by atoms with Gasteiger partial charge in [-0.15, -0.1) is 0 Å². The lowest BCUT2D eigenvalue weighted by molar-refractivity contribution is -0.124. The number of nitrogens with one attached hydrogen (secondary N) is 1. The topological polar surface area (TPSA) is 66.5 Å². The van der Waals surface area contributed by atoms with E-state index in [-0.39, 0.29) is 17.3 Å². The summed E-state index contributed by atoms with van der Waals surface area (Å²) in [5, 5.41) is 3.32. The first-order valence-corrected chi connectivity index (χ1v) is 11.9. The number of allylic oxidation sites excluding steroid dienone is 3. The number of carbonyl (C=O) groups is 1. The molecule has 1 aromatic carbocycles. The Kier molecular flexibility index (Phi) is 8.93. The monoisotopic (exact) mass is 438 g/mol. The molecule has 5 nitrogen and oxygen atoms in total. The van der Waals surface area contributed by atoms with Crippen LogP contribution in [0.1, 0.15) is 52.9 Å². The Labute approximate surface area is 179 Å². The summed E-state index contributed by atoms with van der Waals surface area (Å²) in [6.45, 7) is 6.87. The average Bonchev–Trinajstić information content (AvgIpc) is 2.86. The van der Waals surface area contributed by atoms with Crippen molar-refractivity contribution >= 4 is 27.5 Å². The summed E-state index contributed by atoms with van der Waals surface area (Å²) in [6.07, 6.45) is 8.04. The first kappa shape index (κ1) is 23.6. The standard InChI is InChI=1S/C22H31ClN2O3S/c1-17(2)7-6-8-18(3)14-16-25(21-9-4-5-15-24-22(21)26)29(27,28)20-12-10-19(23)11-13-20/h7,10-14,21H,4-6,8-9,15-16H2,1-3H3,(H,24,26)/b18-14+. The van der Waals surface area contributed by atoms with Gasteiger partial charge in [0.25, 0.3) is 0 Å². The van der Waals surface area contributed by atoms with Gasteiger partial charge in [-0.2, -0.15) is 4.31 Å². The van der Waals surface area contributed by atoms with Gasteiger partial charge in [-0.05, 0) is 77.1 Å². The number of sulfonamides is 1. The number of amides is 1. The molecule has 1 amide bonds. The van der Waals surface area contributed by atoms with Crippen LogP contribution in [0, 0.1) is 0 Å². The van der Waals surface area contributed by atoms with Gasteiger partial charge >= 0.3 is 0 Å². The quantitative estimate of drug-likeness (QED) is 0.598. The van der Waals surface area contributed by atoms with Gasteiger partial charge in [0.05, 0.1) is 4.90 Å². The van der Waals surface area contributed by atoms with E-state index in [1.807, 2.05) is 13.0 Å². The van der Waals surface area contributed by atoms with Crippen LogP contribution in [-0.4, -0.2) is 37.8 Å². The molecule has 0 bridgehead atoms. The summed E-state index contributed by atoms with van der Waals surface area (Å²) in [7, 11) is -3.84. The lowest BCUT2D eigenvalue weighted by atomic mass is 10.1. The molecule has 7 heteroatoms. The van der Waals surface area contributed by atoms with E-state index in [1.165, 1.54) is 22.0 Å². The summed E-state index contributed by atoms with van der Waals surface area (Å²) < 4.78 is 28.1. The third-order valence-corrected chi connectivity index (χ3v) is 7.13. The van der Waals surface area contributed by atoms with Crippen molar-refractivity contribution in [1.82, 2.24) is 9.62 Å². The molecule has 29 heavy (non-hydrogen) atoms. The lowest BCUT2D eigenvalue weighted by Gasteiger charge is -2.28. The van der Waals surface area contributed by atoms with Gasteiger partial charge < -0.3 is 5.32 Å². The maximum Gasteiger partial charge on any atom is 0.244 e. The zero-order chi connectivity index (χ0) is 21.4. The molecule has 0 spiro atoms. The van der Waals surface area contributed by atoms with Crippen LogP contribution in [0.25, 0.3) is 0 Å². The molecule has 1 N–H and O–H groups in total. The van der Waals surface area contributed by atoms with Gasteiger partial charge in [0.15, 0.2) is 0 Å². The summed E-state index contributed by atoms with van der Waals surface area (Å²) >= 11 is 5.92. The molecule has 0 aliphatic carbocycles. The number of carbonyl (C=O) groups excluding carboxylic acids is 1. The van der Waals surface area contributed by atoms with Crippen molar-refractivity contribution in [2.24, 2.45) is 0 Å². The van der Waals surface area contributed by atoms with E-state index in [2.05, 4.69) is 25.2 Å². The van der Waals surface area contributed by atoms with Gasteiger partial charge in [-0.25, -0.2) is 8.42 Å². The van der Waals surface area contributed by atoms with Crippen molar-refractivity contribution in [2.75, 3.05) is 13.1 Å². The molecule has 160 valence electrons. The van der Waals surface area contributed by atoms with Crippen LogP contribution in [0.5, 0.6) is 0 Å². The van der Waals surface area contributed by atoms with Crippen molar-refractivity contribution in [3.63, 3.8) is 0 Å². The van der Waals surface area contributed by atoms with Crippen molar-refractivity contribution in [3.05, 3.63) is 52.6 Å². The van der Waals surface area contributed by atoms with Crippen LogP contribution in [0.3, 0.4) is 0 Å². The molecule has 1 aromatic rings. The average molecular weight is 439 g/mol. The first-order chi connectivity index (χ1) is 13.7. The van der Waals surface area contributed by atoms with Crippen LogP contribution >= 0.6 is 11.6 Å². The Bertz CT molecular complexity index is 857. The molecule has 1 unspecified atom stereocenters. The molecular formula is C22H31ClN2O3S. The Hall–Kier alpha value is -1.63. The van der Waals surface area contributed by atoms with E-state index in [1.54, 1.807) is 12.1 Å². The molecule has 0 aromatic heterocycles. The third-order valence-electron chi connectivity index (χ3n) is 4.99. The highest BCUT2D eigenvalue weighted by Gasteiger charge is 2.35. The first-order valence-electron chi connectivity index (χ1n) is 10.1. The minimum atomic E-state index is -3.84. The number of benzene rings is 1. The summed E-state index contributed by atoms with van der Waals surface area (Å²) in [6, 6.07) is 5.38. The molecule has 1 atom stereocenters. The van der Waals surface area contributed by atoms with Crippen LogP contribution in [0.4, 0.5) is 0 Å². The Morgan fingerprint density at radius 1 is 1.17 bits per heavy atom. The van der Waals surface area contributed by atoms with Crippen LogP contribution in [0.15, 0.2) is 52.5 Å². The van der Waals surface area contributed by atoms with E-state index in [0.29, 0.717) is 18.0 Å². The highest BCUT2D eigenvalue weighted by molar-refractivity contribution is 7.89. The zero-order valence-electron chi connectivity index (χ0n) is 17.4. The van der Waals surface area contributed by atoms with E-state index in [9.17, 15) is 13.2 Å². The molecule has 2 rings (SSSR count). The highest BCUT2D eigenvalue weighted by atomic mass is 35.5. The number of hydrogen-bond donors (Lipinski definition) is 1. The minimum Gasteiger partial charge on any atom is -0.355 e. The molecule has 1 aliphatic rings. The maximum atomic E-state index is 13.4. The Morgan fingerprint density at radius 3 is 2.52 bits per heavy atom. The minimum absolute atomic E-state index is 0.148. The molecule has 1 saturated heterocycles. The maximum absolute atomic E-state index is 13.4. The van der Waals surface area contributed by atoms with Crippen molar-refractivity contribution in [2.45, 2.75) is 63.8 Å². The largest absolute Gasteiger partial charge is 0.355 e. The lowest BCUT2D eigenvalue weighted by Crippen LogP contribution is -2.48. The Balaban J connectivity index is 2.31. The summed E-state index contributed by atoms with van der Waals surface area (Å²) in [5.41, 5.74) is 2.37. The fourth-order valence-corrected chi connectivity index (χ4v) is 4.95. The van der Waals surface area contributed by atoms with Gasteiger partial charge in [0.2, 0.25) is 15.9 Å². The predicted molar refractivity (Wildman–Crippen MR) is 118 cm³/mol. The van der Waals surface area contributed by atoms with E-state index in [0.717, 1.165) is 31.3 Å². The Morgan fingerprint density at radius 2 is 1.86 bits per heavy atom. The van der Waals surface area contributed by atoms with E-state index in [4.69, 9.17) is 11.6 Å². The smallest absolute Gasteiger partial charge is 0.244 e. The summed E-state index contributed by atoms with van der Waals surface area (Å²) in [4.78, 5) is 12.8. The van der Waals surface area contributed by atoms with Crippen LogP contribution in [0.2, 0.25) is 5.02 Å².